The van der Waals surface area contributed by atoms with Crippen molar-refractivity contribution in [2.75, 3.05) is 0 Å². The molecule has 0 bridgehead atoms. The Bertz CT molecular complexity index is 801. The molecule has 0 aliphatic carbocycles. The van der Waals surface area contributed by atoms with Crippen LogP contribution in [0.25, 0.3) is 11.1 Å². The molecule has 0 saturated heterocycles. The van der Waals surface area contributed by atoms with E-state index in [4.69, 9.17) is 4.74 Å². The standard InChI is InChI=1S/C25H32O4/c1-17(2)15-21(23(26)27)22(24(28)29-25(3,4)5)16-18-11-13-20(14-12-18)19-9-7-6-8-10-19/h6-14,17,21-22H,15-16H2,1-5H3,(H,26,27)/t21?,22-/m1/s1. The molecule has 2 atom stereocenters. The van der Waals surface area contributed by atoms with Crippen LogP contribution in [0.1, 0.15) is 46.6 Å². The number of esters is 1. The maximum Gasteiger partial charge on any atom is 0.310 e. The number of aliphatic carboxylic acids is 1. The van der Waals surface area contributed by atoms with Gasteiger partial charge in [0.25, 0.3) is 0 Å². The second-order valence-corrected chi connectivity index (χ2v) is 8.98. The molecule has 2 aromatic carbocycles. The van der Waals surface area contributed by atoms with Crippen LogP contribution in [0.5, 0.6) is 0 Å². The number of carboxylic acid groups (broad SMARTS) is 1. The number of carboxylic acids is 1. The fourth-order valence-electron chi connectivity index (χ4n) is 3.43. The molecule has 2 aromatic rings. The first-order valence-electron chi connectivity index (χ1n) is 10.2. The van der Waals surface area contributed by atoms with Gasteiger partial charge < -0.3 is 9.84 Å². The van der Waals surface area contributed by atoms with Crippen LogP contribution in [0.3, 0.4) is 0 Å². The van der Waals surface area contributed by atoms with Crippen LogP contribution in [0.4, 0.5) is 0 Å². The highest BCUT2D eigenvalue weighted by Gasteiger charge is 2.37. The smallest absolute Gasteiger partial charge is 0.310 e. The van der Waals surface area contributed by atoms with E-state index < -0.39 is 29.4 Å². The van der Waals surface area contributed by atoms with Gasteiger partial charge in [-0.3, -0.25) is 9.59 Å². The lowest BCUT2D eigenvalue weighted by Gasteiger charge is -2.28. The first-order valence-corrected chi connectivity index (χ1v) is 10.2. The molecule has 1 unspecified atom stereocenters. The molecule has 0 aromatic heterocycles. The van der Waals surface area contributed by atoms with Crippen LogP contribution in [0.2, 0.25) is 0 Å². The van der Waals surface area contributed by atoms with Gasteiger partial charge in [-0.1, -0.05) is 68.4 Å². The van der Waals surface area contributed by atoms with Gasteiger partial charge in [0.1, 0.15) is 5.60 Å². The molecule has 156 valence electrons. The minimum Gasteiger partial charge on any atom is -0.481 e. The quantitative estimate of drug-likeness (QED) is 0.590. The van der Waals surface area contributed by atoms with Crippen LogP contribution >= 0.6 is 0 Å². The zero-order valence-electron chi connectivity index (χ0n) is 18.0. The largest absolute Gasteiger partial charge is 0.481 e. The van der Waals surface area contributed by atoms with Gasteiger partial charge in [0.05, 0.1) is 11.8 Å². The maximum absolute atomic E-state index is 12.9. The summed E-state index contributed by atoms with van der Waals surface area (Å²) in [5, 5.41) is 9.80. The molecule has 0 heterocycles. The summed E-state index contributed by atoms with van der Waals surface area (Å²) in [6.45, 7) is 9.34. The molecule has 1 N–H and O–H groups in total. The van der Waals surface area contributed by atoms with E-state index in [0.717, 1.165) is 16.7 Å². The predicted octanol–water partition coefficient (Wildman–Crippen LogP) is 5.60. The maximum atomic E-state index is 12.9. The SMILES string of the molecule is CC(C)CC(C(=O)O)[C@@H](Cc1ccc(-c2ccccc2)cc1)C(=O)OC(C)(C)C. The summed E-state index contributed by atoms with van der Waals surface area (Å²) in [5.41, 5.74) is 2.47. The molecular formula is C25H32O4. The Kier molecular flexibility index (Phi) is 7.60. The molecule has 0 radical (unpaired) electrons. The highest BCUT2D eigenvalue weighted by atomic mass is 16.6. The second kappa shape index (κ2) is 9.73. The average Bonchev–Trinajstić information content (AvgIpc) is 2.64. The van der Waals surface area contributed by atoms with Crippen LogP contribution in [-0.4, -0.2) is 22.6 Å². The zero-order chi connectivity index (χ0) is 21.6. The van der Waals surface area contributed by atoms with E-state index in [2.05, 4.69) is 0 Å². The number of carbonyl (C=O) groups excluding carboxylic acids is 1. The van der Waals surface area contributed by atoms with Crippen molar-refractivity contribution in [2.45, 2.75) is 53.1 Å². The third-order valence-corrected chi connectivity index (χ3v) is 4.75. The van der Waals surface area contributed by atoms with Gasteiger partial charge in [-0.2, -0.15) is 0 Å². The molecule has 0 spiro atoms. The minimum atomic E-state index is -0.949. The zero-order valence-corrected chi connectivity index (χ0v) is 18.0. The number of ether oxygens (including phenoxy) is 1. The third-order valence-electron chi connectivity index (χ3n) is 4.75. The van der Waals surface area contributed by atoms with Crippen molar-refractivity contribution in [1.82, 2.24) is 0 Å². The predicted molar refractivity (Wildman–Crippen MR) is 115 cm³/mol. The van der Waals surface area contributed by atoms with Crippen molar-refractivity contribution >= 4 is 11.9 Å². The topological polar surface area (TPSA) is 63.6 Å². The van der Waals surface area contributed by atoms with Gasteiger partial charge in [-0.15, -0.1) is 0 Å². The molecular weight excluding hydrogens is 364 g/mol. The van der Waals surface area contributed by atoms with E-state index in [-0.39, 0.29) is 5.92 Å². The summed E-state index contributed by atoms with van der Waals surface area (Å²) in [4.78, 5) is 24.9. The van der Waals surface area contributed by atoms with Crippen molar-refractivity contribution in [2.24, 2.45) is 17.8 Å². The molecule has 0 fully saturated rings. The molecule has 0 amide bonds. The van der Waals surface area contributed by atoms with E-state index in [9.17, 15) is 14.7 Å². The van der Waals surface area contributed by atoms with Crippen LogP contribution in [-0.2, 0) is 20.7 Å². The number of benzene rings is 2. The number of carbonyl (C=O) groups is 2. The Hall–Kier alpha value is -2.62. The second-order valence-electron chi connectivity index (χ2n) is 8.98. The summed E-state index contributed by atoms with van der Waals surface area (Å²) < 4.78 is 5.58. The highest BCUT2D eigenvalue weighted by molar-refractivity contribution is 5.81. The minimum absolute atomic E-state index is 0.168. The lowest BCUT2D eigenvalue weighted by atomic mass is 9.81. The van der Waals surface area contributed by atoms with Crippen LogP contribution < -0.4 is 0 Å². The summed E-state index contributed by atoms with van der Waals surface area (Å²) in [6, 6.07) is 18.0. The highest BCUT2D eigenvalue weighted by Crippen LogP contribution is 2.29. The van der Waals surface area contributed by atoms with Gasteiger partial charge >= 0.3 is 11.9 Å². The van der Waals surface area contributed by atoms with Crippen molar-refractivity contribution in [1.29, 1.82) is 0 Å². The summed E-state index contributed by atoms with van der Waals surface area (Å²) in [6.07, 6.45) is 0.773. The van der Waals surface area contributed by atoms with Crippen molar-refractivity contribution in [3.8, 4) is 11.1 Å². The summed E-state index contributed by atoms with van der Waals surface area (Å²) in [5.74, 6) is -2.73. The van der Waals surface area contributed by atoms with E-state index in [1.54, 1.807) is 20.8 Å². The van der Waals surface area contributed by atoms with Gasteiger partial charge in [-0.05, 0) is 56.2 Å². The Morgan fingerprint density at radius 2 is 1.45 bits per heavy atom. The Balaban J connectivity index is 2.28. The summed E-state index contributed by atoms with van der Waals surface area (Å²) in [7, 11) is 0. The lowest BCUT2D eigenvalue weighted by molar-refractivity contribution is -0.167. The van der Waals surface area contributed by atoms with Gasteiger partial charge in [-0.25, -0.2) is 0 Å². The molecule has 4 nitrogen and oxygen atoms in total. The van der Waals surface area contributed by atoms with E-state index in [1.165, 1.54) is 0 Å². The van der Waals surface area contributed by atoms with E-state index in [1.807, 2.05) is 68.4 Å². The van der Waals surface area contributed by atoms with Gasteiger partial charge in [0.2, 0.25) is 0 Å². The third kappa shape index (κ3) is 7.04. The molecule has 2 rings (SSSR count). The monoisotopic (exact) mass is 396 g/mol. The number of hydrogen-bond acceptors (Lipinski definition) is 3. The Labute approximate surface area is 173 Å². The molecule has 0 aliphatic heterocycles. The molecule has 0 saturated carbocycles. The van der Waals surface area contributed by atoms with Crippen molar-refractivity contribution in [3.05, 3.63) is 60.2 Å². The number of rotatable bonds is 8. The van der Waals surface area contributed by atoms with Gasteiger partial charge in [0.15, 0.2) is 0 Å². The summed E-state index contributed by atoms with van der Waals surface area (Å²) >= 11 is 0. The fourth-order valence-corrected chi connectivity index (χ4v) is 3.43. The lowest BCUT2D eigenvalue weighted by Crippen LogP contribution is -2.37. The van der Waals surface area contributed by atoms with E-state index in [0.29, 0.717) is 12.8 Å². The molecule has 4 heteroatoms. The van der Waals surface area contributed by atoms with Crippen LogP contribution in [0.15, 0.2) is 54.6 Å². The Morgan fingerprint density at radius 3 is 1.93 bits per heavy atom. The fraction of sp³-hybridized carbons (Fsp3) is 0.440. The first-order chi connectivity index (χ1) is 13.6. The average molecular weight is 397 g/mol. The molecule has 0 aliphatic rings. The Morgan fingerprint density at radius 1 is 0.897 bits per heavy atom. The first kappa shape index (κ1) is 22.7. The van der Waals surface area contributed by atoms with E-state index >= 15 is 0 Å². The normalized spacial score (nSPS) is 13.7. The van der Waals surface area contributed by atoms with Crippen LogP contribution in [0, 0.1) is 17.8 Å². The van der Waals surface area contributed by atoms with Crippen molar-refractivity contribution < 1.29 is 19.4 Å². The number of hydrogen-bond donors (Lipinski definition) is 1. The van der Waals surface area contributed by atoms with Crippen molar-refractivity contribution in [3.63, 3.8) is 0 Å². The molecule has 29 heavy (non-hydrogen) atoms. The van der Waals surface area contributed by atoms with Gasteiger partial charge in [0, 0.05) is 0 Å².